The van der Waals surface area contributed by atoms with E-state index in [-0.39, 0.29) is 0 Å². The van der Waals surface area contributed by atoms with Gasteiger partial charge in [-0.1, -0.05) is 39.3 Å². The van der Waals surface area contributed by atoms with Gasteiger partial charge in [-0.15, -0.1) is 0 Å². The predicted octanol–water partition coefficient (Wildman–Crippen LogP) is 3.26. The zero-order chi connectivity index (χ0) is 9.40. The van der Waals surface area contributed by atoms with Gasteiger partial charge in [0, 0.05) is 7.11 Å². The molecule has 0 rings (SSSR count). The summed E-state index contributed by atoms with van der Waals surface area (Å²) in [6.45, 7) is 7.52. The molecule has 72 valence electrons. The van der Waals surface area contributed by atoms with Crippen LogP contribution in [0.4, 0.5) is 0 Å². The third-order valence-corrected chi connectivity index (χ3v) is 2.13. The van der Waals surface area contributed by atoms with E-state index < -0.39 is 0 Å². The van der Waals surface area contributed by atoms with Gasteiger partial charge in [0.25, 0.3) is 0 Å². The second-order valence-corrected chi connectivity index (χ2v) is 3.61. The summed E-state index contributed by atoms with van der Waals surface area (Å²) in [7, 11) is 1.75. The van der Waals surface area contributed by atoms with E-state index in [1.54, 1.807) is 7.11 Å². The number of ether oxygens (including phenoxy) is 1. The molecule has 1 heteroatoms. The number of hydrogen-bond acceptors (Lipinski definition) is 1. The molecule has 0 amide bonds. The SMILES string of the molecule is CCC(C)CC=CC(C)COC. The van der Waals surface area contributed by atoms with Crippen LogP contribution < -0.4 is 0 Å². The average molecular weight is 170 g/mol. The van der Waals surface area contributed by atoms with Crippen molar-refractivity contribution in [3.05, 3.63) is 12.2 Å². The highest BCUT2D eigenvalue weighted by Gasteiger charge is 1.96. The van der Waals surface area contributed by atoms with E-state index in [4.69, 9.17) is 4.74 Å². The van der Waals surface area contributed by atoms with E-state index in [1.807, 2.05) is 0 Å². The summed E-state index contributed by atoms with van der Waals surface area (Å²) in [5.41, 5.74) is 0. The normalized spacial score (nSPS) is 16.7. The number of methoxy groups -OCH3 is 1. The summed E-state index contributed by atoms with van der Waals surface area (Å²) in [6, 6.07) is 0. The maximum Gasteiger partial charge on any atom is 0.0522 e. The van der Waals surface area contributed by atoms with Crippen molar-refractivity contribution >= 4 is 0 Å². The Balaban J connectivity index is 3.46. The van der Waals surface area contributed by atoms with E-state index in [1.165, 1.54) is 12.8 Å². The summed E-state index contributed by atoms with van der Waals surface area (Å²) >= 11 is 0. The number of hydrogen-bond donors (Lipinski definition) is 0. The van der Waals surface area contributed by atoms with Gasteiger partial charge in [0.15, 0.2) is 0 Å². The van der Waals surface area contributed by atoms with Gasteiger partial charge in [0.05, 0.1) is 6.61 Å². The van der Waals surface area contributed by atoms with E-state index in [2.05, 4.69) is 32.9 Å². The molecule has 0 bridgehead atoms. The molecule has 0 aliphatic rings. The van der Waals surface area contributed by atoms with Crippen molar-refractivity contribution in [2.45, 2.75) is 33.6 Å². The van der Waals surface area contributed by atoms with Crippen molar-refractivity contribution in [2.75, 3.05) is 13.7 Å². The first-order chi connectivity index (χ1) is 5.70. The largest absolute Gasteiger partial charge is 0.384 e. The van der Waals surface area contributed by atoms with Gasteiger partial charge in [-0.3, -0.25) is 0 Å². The van der Waals surface area contributed by atoms with E-state index >= 15 is 0 Å². The van der Waals surface area contributed by atoms with Crippen LogP contribution in [0.15, 0.2) is 12.2 Å². The van der Waals surface area contributed by atoms with Crippen LogP contribution in [0, 0.1) is 11.8 Å². The second kappa shape index (κ2) is 7.35. The van der Waals surface area contributed by atoms with Crippen LogP contribution in [0.25, 0.3) is 0 Å². The van der Waals surface area contributed by atoms with Crippen LogP contribution in [-0.2, 0) is 4.74 Å². The zero-order valence-corrected chi connectivity index (χ0v) is 8.84. The minimum atomic E-state index is 0.555. The van der Waals surface area contributed by atoms with Crippen molar-refractivity contribution in [1.29, 1.82) is 0 Å². The Morgan fingerprint density at radius 2 is 2.00 bits per heavy atom. The quantitative estimate of drug-likeness (QED) is 0.556. The van der Waals surface area contributed by atoms with Crippen LogP contribution in [0.5, 0.6) is 0 Å². The molecule has 0 fully saturated rings. The van der Waals surface area contributed by atoms with Crippen molar-refractivity contribution in [3.63, 3.8) is 0 Å². The van der Waals surface area contributed by atoms with Gasteiger partial charge in [-0.2, -0.15) is 0 Å². The maximum atomic E-state index is 5.04. The summed E-state index contributed by atoms with van der Waals surface area (Å²) in [5, 5.41) is 0. The third-order valence-electron chi connectivity index (χ3n) is 2.13. The number of allylic oxidation sites excluding steroid dienone is 1. The molecular weight excluding hydrogens is 148 g/mol. The highest BCUT2D eigenvalue weighted by molar-refractivity contribution is 4.87. The molecule has 0 saturated carbocycles. The van der Waals surface area contributed by atoms with Gasteiger partial charge in [0.2, 0.25) is 0 Å². The Kier molecular flexibility index (Phi) is 7.17. The minimum Gasteiger partial charge on any atom is -0.384 e. The Hall–Kier alpha value is -0.300. The summed E-state index contributed by atoms with van der Waals surface area (Å²) < 4.78 is 5.04. The standard InChI is InChI=1S/C11H22O/c1-5-10(2)7-6-8-11(3)9-12-4/h6,8,10-11H,5,7,9H2,1-4H3. The highest BCUT2D eigenvalue weighted by Crippen LogP contribution is 2.08. The van der Waals surface area contributed by atoms with Crippen LogP contribution in [0.1, 0.15) is 33.6 Å². The number of rotatable bonds is 6. The van der Waals surface area contributed by atoms with Crippen LogP contribution >= 0.6 is 0 Å². The van der Waals surface area contributed by atoms with E-state index in [0.717, 1.165) is 12.5 Å². The molecule has 0 aliphatic heterocycles. The van der Waals surface area contributed by atoms with Crippen LogP contribution in [0.2, 0.25) is 0 Å². The lowest BCUT2D eigenvalue weighted by molar-refractivity contribution is 0.176. The Morgan fingerprint density at radius 1 is 1.33 bits per heavy atom. The van der Waals surface area contributed by atoms with E-state index in [0.29, 0.717) is 5.92 Å². The van der Waals surface area contributed by atoms with Gasteiger partial charge < -0.3 is 4.74 Å². The molecule has 0 aliphatic carbocycles. The minimum absolute atomic E-state index is 0.555. The van der Waals surface area contributed by atoms with Crippen molar-refractivity contribution in [2.24, 2.45) is 11.8 Å². The first-order valence-corrected chi connectivity index (χ1v) is 4.86. The lowest BCUT2D eigenvalue weighted by Gasteiger charge is -2.05. The van der Waals surface area contributed by atoms with Crippen molar-refractivity contribution in [1.82, 2.24) is 0 Å². The first-order valence-electron chi connectivity index (χ1n) is 4.86. The van der Waals surface area contributed by atoms with Gasteiger partial charge >= 0.3 is 0 Å². The monoisotopic (exact) mass is 170 g/mol. The zero-order valence-electron chi connectivity index (χ0n) is 8.84. The molecular formula is C11H22O. The summed E-state index contributed by atoms with van der Waals surface area (Å²) in [5.74, 6) is 1.37. The molecule has 0 aromatic heterocycles. The first kappa shape index (κ1) is 11.7. The molecule has 0 saturated heterocycles. The summed E-state index contributed by atoms with van der Waals surface area (Å²) in [4.78, 5) is 0. The topological polar surface area (TPSA) is 9.23 Å². The molecule has 12 heavy (non-hydrogen) atoms. The molecule has 2 unspecified atom stereocenters. The second-order valence-electron chi connectivity index (χ2n) is 3.61. The van der Waals surface area contributed by atoms with Crippen LogP contribution in [-0.4, -0.2) is 13.7 Å². The molecule has 1 nitrogen and oxygen atoms in total. The maximum absolute atomic E-state index is 5.04. The molecule has 0 N–H and O–H groups in total. The summed E-state index contributed by atoms with van der Waals surface area (Å²) in [6.07, 6.45) is 6.99. The Morgan fingerprint density at radius 3 is 2.50 bits per heavy atom. The fraction of sp³-hybridized carbons (Fsp3) is 0.818. The fourth-order valence-corrected chi connectivity index (χ4v) is 1.03. The molecule has 0 spiro atoms. The van der Waals surface area contributed by atoms with Crippen LogP contribution in [0.3, 0.4) is 0 Å². The molecule has 0 radical (unpaired) electrons. The molecule has 0 heterocycles. The van der Waals surface area contributed by atoms with Crippen molar-refractivity contribution < 1.29 is 4.74 Å². The lowest BCUT2D eigenvalue weighted by Crippen LogP contribution is -1.99. The molecule has 0 aromatic carbocycles. The lowest BCUT2D eigenvalue weighted by atomic mass is 10.0. The Bertz CT molecular complexity index is 118. The molecule has 0 aromatic rings. The smallest absolute Gasteiger partial charge is 0.0522 e. The highest BCUT2D eigenvalue weighted by atomic mass is 16.5. The van der Waals surface area contributed by atoms with Gasteiger partial charge in [0.1, 0.15) is 0 Å². The van der Waals surface area contributed by atoms with Gasteiger partial charge in [-0.25, -0.2) is 0 Å². The van der Waals surface area contributed by atoms with Crippen molar-refractivity contribution in [3.8, 4) is 0 Å². The molecule has 2 atom stereocenters. The van der Waals surface area contributed by atoms with E-state index in [9.17, 15) is 0 Å². The van der Waals surface area contributed by atoms with Gasteiger partial charge in [-0.05, 0) is 18.3 Å². The third kappa shape index (κ3) is 6.41. The predicted molar refractivity (Wildman–Crippen MR) is 54.3 cm³/mol. The Labute approximate surface area is 76.8 Å². The average Bonchev–Trinajstić information content (AvgIpc) is 2.04. The fourth-order valence-electron chi connectivity index (χ4n) is 1.03.